The van der Waals surface area contributed by atoms with E-state index in [1.54, 1.807) is 0 Å². The van der Waals surface area contributed by atoms with Crippen LogP contribution in [-0.4, -0.2) is 21.7 Å². The Bertz CT molecular complexity index is 398. The summed E-state index contributed by atoms with van der Waals surface area (Å²) in [6.45, 7) is 1.44. The number of aromatic nitrogens is 2. The van der Waals surface area contributed by atoms with Crippen LogP contribution in [0, 0.1) is 0 Å². The van der Waals surface area contributed by atoms with E-state index in [0.717, 1.165) is 0 Å². The van der Waals surface area contributed by atoms with Gasteiger partial charge in [0.1, 0.15) is 11.9 Å². The van der Waals surface area contributed by atoms with Crippen LogP contribution in [0.15, 0.2) is 17.1 Å². The summed E-state index contributed by atoms with van der Waals surface area (Å²) in [4.78, 5) is 30.0. The highest BCUT2D eigenvalue weighted by molar-refractivity contribution is 5.75. The van der Waals surface area contributed by atoms with Gasteiger partial charge >= 0.3 is 11.7 Å². The van der Waals surface area contributed by atoms with Gasteiger partial charge in [-0.3, -0.25) is 0 Å². The maximum atomic E-state index is 11.1. The molecule has 0 bridgehead atoms. The molecular formula is C7H10N4O3. The Hall–Kier alpha value is -1.89. The van der Waals surface area contributed by atoms with E-state index in [4.69, 9.17) is 11.5 Å². The molecule has 1 atom stereocenters. The Morgan fingerprint density at radius 1 is 1.71 bits per heavy atom. The first-order valence-corrected chi connectivity index (χ1v) is 3.83. The minimum atomic E-state index is -0.806. The van der Waals surface area contributed by atoms with Gasteiger partial charge in [-0.15, -0.1) is 4.73 Å². The van der Waals surface area contributed by atoms with Crippen molar-refractivity contribution in [3.05, 3.63) is 22.7 Å². The Kier molecular flexibility index (Phi) is 2.82. The van der Waals surface area contributed by atoms with Crippen LogP contribution in [0.4, 0.5) is 5.82 Å². The SMILES string of the molecule is C[C@H](N)C(=O)On1ccc(N)nc1=O. The Labute approximate surface area is 79.2 Å². The van der Waals surface area contributed by atoms with Crippen LogP contribution in [0.5, 0.6) is 0 Å². The highest BCUT2D eigenvalue weighted by Gasteiger charge is 2.11. The normalized spacial score (nSPS) is 12.1. The van der Waals surface area contributed by atoms with Gasteiger partial charge in [0.2, 0.25) is 0 Å². The lowest BCUT2D eigenvalue weighted by Gasteiger charge is -2.06. The van der Waals surface area contributed by atoms with Crippen LogP contribution in [0.25, 0.3) is 0 Å². The molecule has 0 spiro atoms. The number of carbonyl (C=O) groups is 1. The van der Waals surface area contributed by atoms with Crippen molar-refractivity contribution in [2.45, 2.75) is 13.0 Å². The summed E-state index contributed by atoms with van der Waals surface area (Å²) in [7, 11) is 0. The third-order valence-electron chi connectivity index (χ3n) is 1.35. The van der Waals surface area contributed by atoms with Crippen molar-refractivity contribution in [1.82, 2.24) is 9.71 Å². The summed E-state index contributed by atoms with van der Waals surface area (Å²) < 4.78 is 0.669. The molecule has 0 aromatic carbocycles. The molecular weight excluding hydrogens is 188 g/mol. The fourth-order valence-electron chi connectivity index (χ4n) is 0.654. The van der Waals surface area contributed by atoms with E-state index in [9.17, 15) is 9.59 Å². The van der Waals surface area contributed by atoms with Crippen molar-refractivity contribution in [3.63, 3.8) is 0 Å². The van der Waals surface area contributed by atoms with Gasteiger partial charge in [-0.2, -0.15) is 4.98 Å². The van der Waals surface area contributed by atoms with Gasteiger partial charge < -0.3 is 16.3 Å². The Morgan fingerprint density at radius 3 is 2.86 bits per heavy atom. The first kappa shape index (κ1) is 10.2. The topological polar surface area (TPSA) is 113 Å². The molecule has 0 aliphatic rings. The number of hydrogen-bond acceptors (Lipinski definition) is 6. The van der Waals surface area contributed by atoms with Crippen LogP contribution in [0.1, 0.15) is 6.92 Å². The molecule has 0 saturated heterocycles. The van der Waals surface area contributed by atoms with Gasteiger partial charge in [0.15, 0.2) is 0 Å². The number of hydrogen-bond donors (Lipinski definition) is 2. The number of nitrogens with zero attached hydrogens (tertiary/aromatic N) is 2. The molecule has 0 aliphatic carbocycles. The minimum absolute atomic E-state index is 0.0584. The average Bonchev–Trinajstić information content (AvgIpc) is 2.09. The molecule has 1 rings (SSSR count). The molecule has 1 heterocycles. The van der Waals surface area contributed by atoms with Gasteiger partial charge in [0.25, 0.3) is 0 Å². The van der Waals surface area contributed by atoms with Crippen molar-refractivity contribution >= 4 is 11.8 Å². The second-order valence-electron chi connectivity index (χ2n) is 2.66. The van der Waals surface area contributed by atoms with Crippen LogP contribution < -0.4 is 22.0 Å². The highest BCUT2D eigenvalue weighted by Crippen LogP contribution is 1.88. The first-order chi connectivity index (χ1) is 6.50. The van der Waals surface area contributed by atoms with Crippen LogP contribution in [0.3, 0.4) is 0 Å². The zero-order chi connectivity index (χ0) is 10.7. The summed E-state index contributed by atoms with van der Waals surface area (Å²) in [5.74, 6) is -0.665. The Morgan fingerprint density at radius 2 is 2.36 bits per heavy atom. The second kappa shape index (κ2) is 3.88. The largest absolute Gasteiger partial charge is 0.383 e. The van der Waals surface area contributed by atoms with E-state index in [0.29, 0.717) is 4.73 Å². The lowest BCUT2D eigenvalue weighted by atomic mass is 10.4. The molecule has 0 aliphatic heterocycles. The highest BCUT2D eigenvalue weighted by atomic mass is 16.7. The summed E-state index contributed by atoms with van der Waals surface area (Å²) in [5.41, 5.74) is 9.69. The standard InChI is InChI=1S/C7H10N4O3/c1-4(8)6(12)14-11-3-2-5(9)10-7(11)13/h2-4H,8H2,1H3,(H2,9,10,13)/t4-/m0/s1. The van der Waals surface area contributed by atoms with Gasteiger partial charge in [-0.1, -0.05) is 0 Å². The van der Waals surface area contributed by atoms with E-state index in [-0.39, 0.29) is 5.82 Å². The smallest absolute Gasteiger partial charge is 0.382 e. The molecule has 7 heteroatoms. The van der Waals surface area contributed by atoms with E-state index in [1.165, 1.54) is 19.2 Å². The molecule has 7 nitrogen and oxygen atoms in total. The van der Waals surface area contributed by atoms with Gasteiger partial charge in [-0.25, -0.2) is 9.59 Å². The fraction of sp³-hybridized carbons (Fsp3) is 0.286. The predicted octanol–water partition coefficient (Wildman–Crippen LogP) is -1.87. The van der Waals surface area contributed by atoms with Gasteiger partial charge in [0, 0.05) is 6.07 Å². The maximum absolute atomic E-state index is 11.1. The second-order valence-corrected chi connectivity index (χ2v) is 2.66. The molecule has 1 aromatic rings. The molecule has 4 N–H and O–H groups in total. The van der Waals surface area contributed by atoms with Crippen molar-refractivity contribution in [2.75, 3.05) is 5.73 Å². The molecule has 0 fully saturated rings. The number of anilines is 1. The van der Waals surface area contributed by atoms with E-state index < -0.39 is 17.7 Å². The van der Waals surface area contributed by atoms with E-state index in [1.807, 2.05) is 0 Å². The van der Waals surface area contributed by atoms with Crippen LogP contribution in [0.2, 0.25) is 0 Å². The number of nitrogen functional groups attached to an aromatic ring is 1. The molecule has 0 unspecified atom stereocenters. The summed E-state index contributed by atoms with van der Waals surface area (Å²) in [5, 5.41) is 0. The molecule has 0 amide bonds. The summed E-state index contributed by atoms with van der Waals surface area (Å²) in [6, 6.07) is 0.523. The third kappa shape index (κ3) is 2.30. The average molecular weight is 198 g/mol. The van der Waals surface area contributed by atoms with Crippen molar-refractivity contribution in [3.8, 4) is 0 Å². The molecule has 76 valence electrons. The summed E-state index contributed by atoms with van der Waals surface area (Å²) in [6.07, 6.45) is 1.20. The van der Waals surface area contributed by atoms with Crippen LogP contribution in [-0.2, 0) is 4.79 Å². The van der Waals surface area contributed by atoms with Gasteiger partial charge in [0.05, 0.1) is 6.20 Å². The maximum Gasteiger partial charge on any atom is 0.382 e. The Balaban J connectivity index is 2.88. The quantitative estimate of drug-likeness (QED) is 0.575. The molecule has 1 aromatic heterocycles. The molecule has 14 heavy (non-hydrogen) atoms. The third-order valence-corrected chi connectivity index (χ3v) is 1.35. The molecule has 0 saturated carbocycles. The number of rotatable bonds is 2. The number of nitrogens with two attached hydrogens (primary N) is 2. The van der Waals surface area contributed by atoms with Crippen molar-refractivity contribution in [2.24, 2.45) is 5.73 Å². The van der Waals surface area contributed by atoms with Gasteiger partial charge in [-0.05, 0) is 6.92 Å². The van der Waals surface area contributed by atoms with E-state index in [2.05, 4.69) is 9.82 Å². The van der Waals surface area contributed by atoms with Crippen molar-refractivity contribution in [1.29, 1.82) is 0 Å². The van der Waals surface area contributed by atoms with Crippen molar-refractivity contribution < 1.29 is 9.63 Å². The zero-order valence-electron chi connectivity index (χ0n) is 7.51. The fourth-order valence-corrected chi connectivity index (χ4v) is 0.654. The number of carbonyl (C=O) groups excluding carboxylic acids is 1. The lowest BCUT2D eigenvalue weighted by Crippen LogP contribution is -2.39. The van der Waals surface area contributed by atoms with Crippen LogP contribution >= 0.6 is 0 Å². The first-order valence-electron chi connectivity index (χ1n) is 3.83. The molecule has 0 radical (unpaired) electrons. The lowest BCUT2D eigenvalue weighted by molar-refractivity contribution is -0.145. The van der Waals surface area contributed by atoms with E-state index >= 15 is 0 Å². The monoisotopic (exact) mass is 198 g/mol. The minimum Gasteiger partial charge on any atom is -0.383 e. The zero-order valence-corrected chi connectivity index (χ0v) is 7.51. The summed E-state index contributed by atoms with van der Waals surface area (Å²) >= 11 is 0. The predicted molar refractivity (Wildman–Crippen MR) is 48.1 cm³/mol.